The maximum atomic E-state index is 13.4. The van der Waals surface area contributed by atoms with Gasteiger partial charge in [-0.1, -0.05) is 25.4 Å². The first kappa shape index (κ1) is 24.8. The standard InChI is InChI=1S/C24H25ClN6O3S/c1-24(2,15-34-3)22(32)17-12-21(28-13-16-7-8-19(25)35-16)31(29-17)18-6-4-11-30(23(18)33)14-20-26-9-5-10-27-20/h4-12,28H,13-15H2,1-3H3. The van der Waals surface area contributed by atoms with Gasteiger partial charge in [0.2, 0.25) is 0 Å². The van der Waals surface area contributed by atoms with Gasteiger partial charge >= 0.3 is 0 Å². The average molecular weight is 513 g/mol. The summed E-state index contributed by atoms with van der Waals surface area (Å²) >= 11 is 7.51. The lowest BCUT2D eigenvalue weighted by Gasteiger charge is -2.20. The molecule has 0 unspecified atom stereocenters. The van der Waals surface area contributed by atoms with Crippen molar-refractivity contribution in [2.24, 2.45) is 5.41 Å². The number of anilines is 1. The Morgan fingerprint density at radius 3 is 2.66 bits per heavy atom. The first-order valence-electron chi connectivity index (χ1n) is 10.9. The van der Waals surface area contributed by atoms with Crippen LogP contribution in [0.3, 0.4) is 0 Å². The fourth-order valence-corrected chi connectivity index (χ4v) is 4.60. The predicted molar refractivity (Wildman–Crippen MR) is 136 cm³/mol. The number of ether oxygens (including phenoxy) is 1. The van der Waals surface area contributed by atoms with E-state index in [1.807, 2.05) is 12.1 Å². The Kier molecular flexibility index (Phi) is 7.44. The molecular weight excluding hydrogens is 488 g/mol. The summed E-state index contributed by atoms with van der Waals surface area (Å²) in [5, 5.41) is 7.83. The van der Waals surface area contributed by atoms with E-state index in [9.17, 15) is 9.59 Å². The molecule has 0 amide bonds. The molecule has 0 radical (unpaired) electrons. The molecule has 0 bridgehead atoms. The van der Waals surface area contributed by atoms with Gasteiger partial charge in [-0.05, 0) is 30.3 Å². The van der Waals surface area contributed by atoms with E-state index >= 15 is 0 Å². The maximum absolute atomic E-state index is 13.4. The second kappa shape index (κ2) is 10.5. The van der Waals surface area contributed by atoms with Gasteiger partial charge < -0.3 is 14.6 Å². The SMILES string of the molecule is COCC(C)(C)C(=O)c1cc(NCc2ccc(Cl)s2)n(-c2cccn(Cc3ncccn3)c2=O)n1. The first-order valence-corrected chi connectivity index (χ1v) is 12.1. The lowest BCUT2D eigenvalue weighted by Crippen LogP contribution is -2.30. The summed E-state index contributed by atoms with van der Waals surface area (Å²) in [7, 11) is 1.55. The van der Waals surface area contributed by atoms with E-state index in [0.717, 1.165) is 4.88 Å². The maximum Gasteiger partial charge on any atom is 0.276 e. The summed E-state index contributed by atoms with van der Waals surface area (Å²) in [6.45, 7) is 4.50. The Morgan fingerprint density at radius 2 is 1.97 bits per heavy atom. The summed E-state index contributed by atoms with van der Waals surface area (Å²) < 4.78 is 8.88. The Balaban J connectivity index is 1.73. The number of halogens is 1. The quantitative estimate of drug-likeness (QED) is 0.319. The molecule has 35 heavy (non-hydrogen) atoms. The average Bonchev–Trinajstić information content (AvgIpc) is 3.45. The van der Waals surface area contributed by atoms with Crippen molar-refractivity contribution in [3.05, 3.63) is 86.1 Å². The van der Waals surface area contributed by atoms with Crippen LogP contribution in [-0.4, -0.2) is 43.8 Å². The van der Waals surface area contributed by atoms with Crippen LogP contribution < -0.4 is 10.9 Å². The number of Topliss-reactive ketones (excluding diaryl/α,β-unsaturated/α-hetero) is 1. The first-order chi connectivity index (χ1) is 16.8. The lowest BCUT2D eigenvalue weighted by molar-refractivity contribution is 0.0626. The third-order valence-electron chi connectivity index (χ3n) is 5.29. The van der Waals surface area contributed by atoms with Crippen molar-refractivity contribution >= 4 is 34.5 Å². The normalized spacial score (nSPS) is 11.5. The van der Waals surface area contributed by atoms with Crippen LogP contribution in [0, 0.1) is 5.41 Å². The molecule has 0 aromatic carbocycles. The van der Waals surface area contributed by atoms with Crippen LogP contribution in [0.2, 0.25) is 4.34 Å². The minimum atomic E-state index is -0.784. The summed E-state index contributed by atoms with van der Waals surface area (Å²) in [5.74, 6) is 0.837. The zero-order valence-electron chi connectivity index (χ0n) is 19.6. The highest BCUT2D eigenvalue weighted by molar-refractivity contribution is 7.16. The molecule has 1 N–H and O–H groups in total. The molecule has 4 aromatic heterocycles. The Bertz CT molecular complexity index is 1380. The number of thiophene rings is 1. The Morgan fingerprint density at radius 1 is 1.20 bits per heavy atom. The molecule has 0 saturated carbocycles. The van der Waals surface area contributed by atoms with Gasteiger partial charge in [-0.3, -0.25) is 9.59 Å². The smallest absolute Gasteiger partial charge is 0.276 e. The number of nitrogens with zero attached hydrogens (tertiary/aromatic N) is 5. The molecule has 182 valence electrons. The van der Waals surface area contributed by atoms with E-state index < -0.39 is 5.41 Å². The summed E-state index contributed by atoms with van der Waals surface area (Å²) in [5.41, 5.74) is -0.548. The number of rotatable bonds is 10. The molecule has 0 spiro atoms. The van der Waals surface area contributed by atoms with Gasteiger partial charge in [-0.25, -0.2) is 14.6 Å². The molecule has 0 atom stereocenters. The van der Waals surface area contributed by atoms with Gasteiger partial charge in [-0.2, -0.15) is 5.10 Å². The fraction of sp³-hybridized carbons (Fsp3) is 0.292. The minimum absolute atomic E-state index is 0.186. The number of ketones is 1. The number of nitrogens with one attached hydrogen (secondary N) is 1. The molecule has 4 rings (SSSR count). The van der Waals surface area contributed by atoms with Gasteiger partial charge in [0.05, 0.1) is 29.4 Å². The van der Waals surface area contributed by atoms with Gasteiger partial charge in [-0.15, -0.1) is 11.3 Å². The Hall–Kier alpha value is -3.34. The third-order valence-corrected chi connectivity index (χ3v) is 6.52. The Labute approximate surface area is 211 Å². The topological polar surface area (TPSA) is 104 Å². The highest BCUT2D eigenvalue weighted by Crippen LogP contribution is 2.26. The largest absolute Gasteiger partial charge is 0.384 e. The van der Waals surface area contributed by atoms with E-state index in [2.05, 4.69) is 20.4 Å². The van der Waals surface area contributed by atoms with E-state index in [1.54, 1.807) is 63.8 Å². The number of hydrogen-bond acceptors (Lipinski definition) is 8. The number of methoxy groups -OCH3 is 1. The molecule has 11 heteroatoms. The summed E-state index contributed by atoms with van der Waals surface area (Å²) in [6.07, 6.45) is 4.92. The van der Waals surface area contributed by atoms with Crippen molar-refractivity contribution in [2.75, 3.05) is 19.0 Å². The molecule has 0 saturated heterocycles. The van der Waals surface area contributed by atoms with Gasteiger partial charge in [0.25, 0.3) is 5.56 Å². The van der Waals surface area contributed by atoms with E-state index in [-0.39, 0.29) is 30.2 Å². The van der Waals surface area contributed by atoms with Crippen molar-refractivity contribution in [2.45, 2.75) is 26.9 Å². The summed E-state index contributed by atoms with van der Waals surface area (Å²) in [6, 6.07) is 10.5. The van der Waals surface area contributed by atoms with Crippen molar-refractivity contribution in [3.63, 3.8) is 0 Å². The van der Waals surface area contributed by atoms with Crippen molar-refractivity contribution < 1.29 is 9.53 Å². The predicted octanol–water partition coefficient (Wildman–Crippen LogP) is 4.05. The van der Waals surface area contributed by atoms with Crippen molar-refractivity contribution in [3.8, 4) is 5.69 Å². The fourth-order valence-electron chi connectivity index (χ4n) is 3.57. The molecule has 0 aliphatic heterocycles. The number of hydrogen-bond donors (Lipinski definition) is 1. The zero-order valence-corrected chi connectivity index (χ0v) is 21.1. The lowest BCUT2D eigenvalue weighted by atomic mass is 9.87. The highest BCUT2D eigenvalue weighted by atomic mass is 35.5. The van der Waals surface area contributed by atoms with Crippen LogP contribution in [0.25, 0.3) is 5.69 Å². The molecule has 4 heterocycles. The van der Waals surface area contributed by atoms with Crippen LogP contribution in [0.5, 0.6) is 0 Å². The number of aromatic nitrogens is 5. The second-order valence-corrected chi connectivity index (χ2v) is 10.3. The van der Waals surface area contributed by atoms with Gasteiger partial charge in [0.1, 0.15) is 23.0 Å². The summed E-state index contributed by atoms with van der Waals surface area (Å²) in [4.78, 5) is 36.0. The van der Waals surface area contributed by atoms with Crippen LogP contribution in [-0.2, 0) is 17.8 Å². The van der Waals surface area contributed by atoms with Crippen molar-refractivity contribution in [1.29, 1.82) is 0 Å². The monoisotopic (exact) mass is 512 g/mol. The van der Waals surface area contributed by atoms with E-state index in [0.29, 0.717) is 28.2 Å². The third kappa shape index (κ3) is 5.67. The van der Waals surface area contributed by atoms with Crippen LogP contribution in [0.4, 0.5) is 5.82 Å². The molecule has 0 aliphatic rings. The molecule has 0 aliphatic carbocycles. The second-order valence-electron chi connectivity index (χ2n) is 8.52. The number of pyridine rings is 1. The van der Waals surface area contributed by atoms with E-state index in [1.165, 1.54) is 20.6 Å². The molecule has 0 fully saturated rings. The zero-order chi connectivity index (χ0) is 25.0. The number of carbonyl (C=O) groups is 1. The van der Waals surface area contributed by atoms with Crippen LogP contribution >= 0.6 is 22.9 Å². The molecule has 9 nitrogen and oxygen atoms in total. The molecular formula is C24H25ClN6O3S. The van der Waals surface area contributed by atoms with Crippen LogP contribution in [0.15, 0.2) is 59.8 Å². The minimum Gasteiger partial charge on any atom is -0.384 e. The van der Waals surface area contributed by atoms with Gasteiger partial charge in [0.15, 0.2) is 5.78 Å². The van der Waals surface area contributed by atoms with Gasteiger partial charge in [0, 0.05) is 36.6 Å². The van der Waals surface area contributed by atoms with E-state index in [4.69, 9.17) is 16.3 Å². The van der Waals surface area contributed by atoms with Crippen molar-refractivity contribution in [1.82, 2.24) is 24.3 Å². The number of carbonyl (C=O) groups excluding carboxylic acids is 1. The van der Waals surface area contributed by atoms with Crippen LogP contribution in [0.1, 0.15) is 35.0 Å². The molecule has 4 aromatic rings. The highest BCUT2D eigenvalue weighted by Gasteiger charge is 2.31.